The summed E-state index contributed by atoms with van der Waals surface area (Å²) >= 11 is 0. The molecular weight excluding hydrogens is 358 g/mol. The van der Waals surface area contributed by atoms with E-state index in [-0.39, 0.29) is 43.2 Å². The van der Waals surface area contributed by atoms with E-state index in [1.165, 1.54) is 26.4 Å². The molecule has 2 rings (SSSR count). The molecule has 154 valence electrons. The molecule has 0 unspecified atom stereocenters. The van der Waals surface area contributed by atoms with Crippen LogP contribution in [0.3, 0.4) is 0 Å². The standard InChI is InChI=1S/C21H31N3O4/c1-28-15-21(27)24-18-11-9-17(10-12-18)23-20(26)14-13-19(25)22-16-7-5-3-2-4-6-8-16/h9-12,16H,2-8,13-15H2,1H3,(H,22,25)(H,23,26)(H,24,27). The predicted molar refractivity (Wildman–Crippen MR) is 109 cm³/mol. The molecule has 1 saturated carbocycles. The molecule has 0 radical (unpaired) electrons. The lowest BCUT2D eigenvalue weighted by atomic mass is 9.96. The van der Waals surface area contributed by atoms with Gasteiger partial charge in [-0.2, -0.15) is 0 Å². The van der Waals surface area contributed by atoms with Gasteiger partial charge in [-0.05, 0) is 37.1 Å². The van der Waals surface area contributed by atoms with Crippen molar-refractivity contribution in [2.24, 2.45) is 0 Å². The average molecular weight is 389 g/mol. The van der Waals surface area contributed by atoms with Crippen LogP contribution in [0.25, 0.3) is 0 Å². The Morgan fingerprint density at radius 2 is 1.32 bits per heavy atom. The number of carbonyl (C=O) groups excluding carboxylic acids is 3. The fourth-order valence-corrected chi connectivity index (χ4v) is 3.32. The largest absolute Gasteiger partial charge is 0.375 e. The third-order valence-electron chi connectivity index (χ3n) is 4.78. The van der Waals surface area contributed by atoms with E-state index in [9.17, 15) is 14.4 Å². The summed E-state index contributed by atoms with van der Waals surface area (Å²) in [4.78, 5) is 35.7. The molecule has 0 atom stereocenters. The predicted octanol–water partition coefficient (Wildman–Crippen LogP) is 3.22. The molecule has 1 fully saturated rings. The zero-order chi connectivity index (χ0) is 20.2. The number of anilines is 2. The summed E-state index contributed by atoms with van der Waals surface area (Å²) in [6.45, 7) is -0.0125. The van der Waals surface area contributed by atoms with Gasteiger partial charge in [0.2, 0.25) is 17.7 Å². The van der Waals surface area contributed by atoms with Crippen molar-refractivity contribution >= 4 is 29.1 Å². The molecule has 28 heavy (non-hydrogen) atoms. The molecule has 1 aromatic rings. The summed E-state index contributed by atoms with van der Waals surface area (Å²) in [6, 6.07) is 7.05. The minimum atomic E-state index is -0.241. The second kappa shape index (κ2) is 12.1. The first-order valence-corrected chi connectivity index (χ1v) is 10.0. The number of rotatable bonds is 8. The molecule has 1 aliphatic rings. The maximum Gasteiger partial charge on any atom is 0.250 e. The third-order valence-corrected chi connectivity index (χ3v) is 4.78. The molecule has 0 aliphatic heterocycles. The number of ether oxygens (including phenoxy) is 1. The van der Waals surface area contributed by atoms with Gasteiger partial charge in [0, 0.05) is 37.4 Å². The molecule has 0 bridgehead atoms. The normalized spacial score (nSPS) is 15.2. The first-order valence-electron chi connectivity index (χ1n) is 10.0. The van der Waals surface area contributed by atoms with Crippen LogP contribution < -0.4 is 16.0 Å². The van der Waals surface area contributed by atoms with Crippen LogP contribution in [0.15, 0.2) is 24.3 Å². The van der Waals surface area contributed by atoms with E-state index in [4.69, 9.17) is 4.74 Å². The van der Waals surface area contributed by atoms with Crippen LogP contribution in [-0.4, -0.2) is 37.5 Å². The maximum atomic E-state index is 12.1. The number of carbonyl (C=O) groups is 3. The lowest BCUT2D eigenvalue weighted by Crippen LogP contribution is -2.35. The highest BCUT2D eigenvalue weighted by Gasteiger charge is 2.15. The smallest absolute Gasteiger partial charge is 0.250 e. The van der Waals surface area contributed by atoms with Crippen LogP contribution in [0.5, 0.6) is 0 Å². The summed E-state index contributed by atoms with van der Waals surface area (Å²) in [5, 5.41) is 8.52. The van der Waals surface area contributed by atoms with Crippen molar-refractivity contribution in [1.29, 1.82) is 0 Å². The first kappa shape index (κ1) is 21.9. The Morgan fingerprint density at radius 3 is 1.89 bits per heavy atom. The SMILES string of the molecule is COCC(=O)Nc1ccc(NC(=O)CCC(=O)NC2CCCCCCC2)cc1. The Bertz CT molecular complexity index is 638. The van der Waals surface area contributed by atoms with E-state index < -0.39 is 0 Å². The Morgan fingerprint density at radius 1 is 0.821 bits per heavy atom. The van der Waals surface area contributed by atoms with E-state index in [2.05, 4.69) is 16.0 Å². The third kappa shape index (κ3) is 8.52. The number of nitrogens with one attached hydrogen (secondary N) is 3. The zero-order valence-electron chi connectivity index (χ0n) is 16.6. The van der Waals surface area contributed by atoms with Gasteiger partial charge in [0.25, 0.3) is 0 Å². The van der Waals surface area contributed by atoms with Gasteiger partial charge < -0.3 is 20.7 Å². The maximum absolute atomic E-state index is 12.1. The van der Waals surface area contributed by atoms with Gasteiger partial charge in [0.1, 0.15) is 6.61 Å². The van der Waals surface area contributed by atoms with Crippen LogP contribution in [0.1, 0.15) is 57.8 Å². The quantitative estimate of drug-likeness (QED) is 0.636. The fraction of sp³-hybridized carbons (Fsp3) is 0.571. The Hall–Kier alpha value is -2.41. The molecule has 0 aromatic heterocycles. The van der Waals surface area contributed by atoms with Gasteiger partial charge in [-0.1, -0.05) is 32.1 Å². The monoisotopic (exact) mass is 389 g/mol. The van der Waals surface area contributed by atoms with E-state index >= 15 is 0 Å². The molecule has 7 nitrogen and oxygen atoms in total. The summed E-state index contributed by atoms with van der Waals surface area (Å²) in [7, 11) is 1.45. The second-order valence-electron chi connectivity index (χ2n) is 7.22. The number of amides is 3. The molecule has 1 aromatic carbocycles. The van der Waals surface area contributed by atoms with Gasteiger partial charge in [0.15, 0.2) is 0 Å². The number of methoxy groups -OCH3 is 1. The van der Waals surface area contributed by atoms with Crippen molar-refractivity contribution in [3.05, 3.63) is 24.3 Å². The van der Waals surface area contributed by atoms with Gasteiger partial charge in [-0.3, -0.25) is 14.4 Å². The van der Waals surface area contributed by atoms with Gasteiger partial charge in [0.05, 0.1) is 0 Å². The van der Waals surface area contributed by atoms with Crippen molar-refractivity contribution < 1.29 is 19.1 Å². The highest BCUT2D eigenvalue weighted by molar-refractivity contribution is 5.94. The summed E-state index contributed by atoms with van der Waals surface area (Å²) < 4.78 is 4.76. The van der Waals surface area contributed by atoms with E-state index in [0.29, 0.717) is 11.4 Å². The highest BCUT2D eigenvalue weighted by Crippen LogP contribution is 2.17. The summed E-state index contributed by atoms with van der Waals surface area (Å²) in [6.07, 6.45) is 8.49. The fourth-order valence-electron chi connectivity index (χ4n) is 3.32. The van der Waals surface area contributed by atoms with Crippen LogP contribution in [0, 0.1) is 0 Å². The van der Waals surface area contributed by atoms with E-state index in [1.807, 2.05) is 0 Å². The lowest BCUT2D eigenvalue weighted by molar-refractivity contribution is -0.125. The topological polar surface area (TPSA) is 96.5 Å². The Balaban J connectivity index is 1.69. The molecule has 0 spiro atoms. The number of hydrogen-bond acceptors (Lipinski definition) is 4. The van der Waals surface area contributed by atoms with Gasteiger partial charge in [-0.25, -0.2) is 0 Å². The van der Waals surface area contributed by atoms with Crippen molar-refractivity contribution in [3.8, 4) is 0 Å². The molecule has 3 amide bonds. The molecule has 0 saturated heterocycles. The second-order valence-corrected chi connectivity index (χ2v) is 7.22. The van der Waals surface area contributed by atoms with Crippen LogP contribution in [-0.2, 0) is 19.1 Å². The summed E-state index contributed by atoms with van der Waals surface area (Å²) in [5.74, 6) is -0.504. The lowest BCUT2D eigenvalue weighted by Gasteiger charge is -2.21. The zero-order valence-corrected chi connectivity index (χ0v) is 16.6. The van der Waals surface area contributed by atoms with Crippen molar-refractivity contribution in [3.63, 3.8) is 0 Å². The first-order chi connectivity index (χ1) is 13.6. The van der Waals surface area contributed by atoms with Gasteiger partial charge >= 0.3 is 0 Å². The van der Waals surface area contributed by atoms with Gasteiger partial charge in [-0.15, -0.1) is 0 Å². The molecular formula is C21H31N3O4. The number of hydrogen-bond donors (Lipinski definition) is 3. The molecule has 0 heterocycles. The van der Waals surface area contributed by atoms with Crippen molar-refractivity contribution in [2.75, 3.05) is 24.4 Å². The molecule has 1 aliphatic carbocycles. The summed E-state index contributed by atoms with van der Waals surface area (Å²) in [5.41, 5.74) is 1.24. The Labute approximate surface area is 166 Å². The Kier molecular flexibility index (Phi) is 9.48. The van der Waals surface area contributed by atoms with Crippen LogP contribution in [0.4, 0.5) is 11.4 Å². The molecule has 7 heteroatoms. The number of benzene rings is 1. The van der Waals surface area contributed by atoms with Crippen LogP contribution in [0.2, 0.25) is 0 Å². The highest BCUT2D eigenvalue weighted by atomic mass is 16.5. The average Bonchev–Trinajstić information content (AvgIpc) is 2.64. The van der Waals surface area contributed by atoms with Crippen LogP contribution >= 0.6 is 0 Å². The minimum absolute atomic E-state index is 0.0125. The van der Waals surface area contributed by atoms with E-state index in [0.717, 1.165) is 25.7 Å². The van der Waals surface area contributed by atoms with E-state index in [1.54, 1.807) is 24.3 Å². The van der Waals surface area contributed by atoms with Crippen molar-refractivity contribution in [2.45, 2.75) is 63.8 Å². The minimum Gasteiger partial charge on any atom is -0.375 e. The molecule has 3 N–H and O–H groups in total. The van der Waals surface area contributed by atoms with Crippen molar-refractivity contribution in [1.82, 2.24) is 5.32 Å².